The van der Waals surface area contributed by atoms with Crippen LogP contribution in [0.1, 0.15) is 5.56 Å². The Morgan fingerprint density at radius 1 is 1.50 bits per heavy atom. The molecule has 0 aliphatic carbocycles. The molecular weight excluding hydrogens is 238 g/mol. The molecule has 16 heavy (non-hydrogen) atoms. The van der Waals surface area contributed by atoms with Gasteiger partial charge in [0, 0.05) is 7.05 Å². The summed E-state index contributed by atoms with van der Waals surface area (Å²) >= 11 is 0. The lowest BCUT2D eigenvalue weighted by atomic mass is 10.2. The Bertz CT molecular complexity index is 477. The van der Waals surface area contributed by atoms with Crippen LogP contribution >= 0.6 is 0 Å². The van der Waals surface area contributed by atoms with Crippen molar-refractivity contribution >= 4 is 16.8 Å². The van der Waals surface area contributed by atoms with Gasteiger partial charge in [0.25, 0.3) is 0 Å². The maximum absolute atomic E-state index is 12.2. The number of amidine groups is 1. The third kappa shape index (κ3) is 1.78. The fourth-order valence-electron chi connectivity index (χ4n) is 1.43. The highest BCUT2D eigenvalue weighted by atomic mass is 32.2. The summed E-state index contributed by atoms with van der Waals surface area (Å²) in [5.74, 6) is 0.274. The molecule has 0 saturated carbocycles. The van der Waals surface area contributed by atoms with Gasteiger partial charge in [-0.05, 0) is 12.1 Å². The van der Waals surface area contributed by atoms with E-state index in [-0.39, 0.29) is 5.75 Å². The van der Waals surface area contributed by atoms with E-state index in [1.807, 2.05) is 0 Å². The molecule has 0 radical (unpaired) electrons. The molecular formula is C9H8F2N2O2S. The molecule has 1 aromatic carbocycles. The Labute approximate surface area is 92.9 Å². The summed E-state index contributed by atoms with van der Waals surface area (Å²) in [6.45, 7) is -2.92. The monoisotopic (exact) mass is 246 g/mol. The first kappa shape index (κ1) is 11.0. The van der Waals surface area contributed by atoms with E-state index in [4.69, 9.17) is 0 Å². The summed E-state index contributed by atoms with van der Waals surface area (Å²) in [4.78, 5) is 0.377. The minimum absolute atomic E-state index is 0.0218. The minimum atomic E-state index is -2.92. The molecule has 0 spiro atoms. The fourth-order valence-corrected chi connectivity index (χ4v) is 2.45. The van der Waals surface area contributed by atoms with Gasteiger partial charge in [0.05, 0.1) is 10.5 Å². The van der Waals surface area contributed by atoms with Crippen molar-refractivity contribution in [1.82, 2.24) is 5.32 Å². The molecule has 1 atom stereocenters. The van der Waals surface area contributed by atoms with Crippen molar-refractivity contribution < 1.29 is 17.7 Å². The molecule has 1 heterocycles. The van der Waals surface area contributed by atoms with Crippen molar-refractivity contribution in [1.29, 1.82) is 0 Å². The van der Waals surface area contributed by atoms with Gasteiger partial charge in [-0.25, -0.2) is 4.21 Å². The maximum atomic E-state index is 12.2. The molecule has 0 bridgehead atoms. The van der Waals surface area contributed by atoms with Crippen molar-refractivity contribution in [3.05, 3.63) is 23.8 Å². The zero-order chi connectivity index (χ0) is 11.7. The summed E-state index contributed by atoms with van der Waals surface area (Å²) in [5.41, 5.74) is 0.337. The fraction of sp³-hybridized carbons (Fsp3) is 0.222. The van der Waals surface area contributed by atoms with E-state index in [9.17, 15) is 13.0 Å². The first-order valence-corrected chi connectivity index (χ1v) is 5.50. The van der Waals surface area contributed by atoms with Crippen LogP contribution in [0.3, 0.4) is 0 Å². The van der Waals surface area contributed by atoms with Crippen LogP contribution < -0.4 is 10.1 Å². The molecule has 86 valence electrons. The Hall–Kier alpha value is -1.50. The third-order valence-electron chi connectivity index (χ3n) is 2.04. The van der Waals surface area contributed by atoms with Crippen LogP contribution in [-0.2, 0) is 11.0 Å². The summed E-state index contributed by atoms with van der Waals surface area (Å²) in [7, 11) is 0.0214. The number of fused-ring (bicyclic) bond motifs is 1. The smallest absolute Gasteiger partial charge is 0.387 e. The molecule has 0 aromatic heterocycles. The first-order valence-electron chi connectivity index (χ1n) is 4.40. The number of hydrogen-bond donors (Lipinski definition) is 1. The van der Waals surface area contributed by atoms with E-state index in [0.29, 0.717) is 16.3 Å². The number of alkyl halides is 2. The predicted octanol–water partition coefficient (Wildman–Crippen LogP) is 1.29. The van der Waals surface area contributed by atoms with Gasteiger partial charge in [0.1, 0.15) is 11.6 Å². The van der Waals surface area contributed by atoms with Gasteiger partial charge in [-0.1, -0.05) is 6.07 Å². The number of nitrogens with one attached hydrogen (secondary N) is 1. The lowest BCUT2D eigenvalue weighted by Crippen LogP contribution is -2.19. The van der Waals surface area contributed by atoms with Crippen molar-refractivity contribution in [3.8, 4) is 5.75 Å². The topological polar surface area (TPSA) is 50.7 Å². The Morgan fingerprint density at radius 3 is 2.88 bits per heavy atom. The van der Waals surface area contributed by atoms with Crippen molar-refractivity contribution in [3.63, 3.8) is 0 Å². The lowest BCUT2D eigenvalue weighted by molar-refractivity contribution is -0.0501. The van der Waals surface area contributed by atoms with Crippen LogP contribution in [0.25, 0.3) is 0 Å². The Morgan fingerprint density at radius 2 is 2.25 bits per heavy atom. The largest absolute Gasteiger partial charge is 0.434 e. The first-order chi connectivity index (χ1) is 7.63. The molecule has 1 aliphatic heterocycles. The summed E-state index contributed by atoms with van der Waals surface area (Å²) in [5, 5.41) is 2.70. The number of rotatable bonds is 2. The van der Waals surface area contributed by atoms with E-state index in [0.717, 1.165) is 0 Å². The molecule has 1 aromatic rings. The molecule has 1 unspecified atom stereocenters. The summed E-state index contributed by atoms with van der Waals surface area (Å²) in [6.07, 6.45) is 0. The van der Waals surface area contributed by atoms with Crippen LogP contribution in [0.15, 0.2) is 27.5 Å². The molecule has 7 heteroatoms. The van der Waals surface area contributed by atoms with E-state index in [1.54, 1.807) is 13.1 Å². The van der Waals surface area contributed by atoms with Gasteiger partial charge in [0.15, 0.2) is 11.0 Å². The summed E-state index contributed by atoms with van der Waals surface area (Å²) in [6, 6.07) is 4.46. The van der Waals surface area contributed by atoms with Crippen molar-refractivity contribution in [2.24, 2.45) is 4.40 Å². The van der Waals surface area contributed by atoms with Crippen LogP contribution in [-0.4, -0.2) is 23.7 Å². The van der Waals surface area contributed by atoms with E-state index >= 15 is 0 Å². The number of hydrogen-bond acceptors (Lipinski definition) is 3. The zero-order valence-electron chi connectivity index (χ0n) is 8.24. The second-order valence-electron chi connectivity index (χ2n) is 2.95. The van der Waals surface area contributed by atoms with Crippen LogP contribution in [0.2, 0.25) is 0 Å². The molecule has 0 saturated heterocycles. The molecule has 0 fully saturated rings. The van der Waals surface area contributed by atoms with Crippen molar-refractivity contribution in [2.45, 2.75) is 11.5 Å². The van der Waals surface area contributed by atoms with Crippen LogP contribution in [0, 0.1) is 0 Å². The van der Waals surface area contributed by atoms with Gasteiger partial charge >= 0.3 is 6.61 Å². The molecule has 1 N–H and O–H groups in total. The maximum Gasteiger partial charge on any atom is 0.387 e. The number of nitrogens with zero attached hydrogens (tertiary/aromatic N) is 1. The third-order valence-corrected chi connectivity index (χ3v) is 3.10. The Balaban J connectivity index is 2.51. The van der Waals surface area contributed by atoms with Gasteiger partial charge in [-0.15, -0.1) is 0 Å². The standard InChI is InChI=1S/C9H8F2N2O2S/c1-12-8-7-5(15-9(10)11)3-2-4-6(7)16(14)13-8/h2-4,9H,1H3,(H,12,13). The predicted molar refractivity (Wildman–Crippen MR) is 55.1 cm³/mol. The normalized spacial score (nSPS) is 18.2. The lowest BCUT2D eigenvalue weighted by Gasteiger charge is -2.09. The van der Waals surface area contributed by atoms with Crippen LogP contribution in [0.4, 0.5) is 8.78 Å². The molecule has 1 aliphatic rings. The van der Waals surface area contributed by atoms with Crippen molar-refractivity contribution in [2.75, 3.05) is 7.05 Å². The van der Waals surface area contributed by atoms with Crippen LogP contribution in [0.5, 0.6) is 5.75 Å². The number of benzene rings is 1. The van der Waals surface area contributed by atoms with E-state index in [2.05, 4.69) is 14.5 Å². The molecule has 2 rings (SSSR count). The minimum Gasteiger partial charge on any atom is -0.434 e. The van der Waals surface area contributed by atoms with Gasteiger partial charge < -0.3 is 10.1 Å². The van der Waals surface area contributed by atoms with Gasteiger partial charge in [-0.2, -0.15) is 13.2 Å². The van der Waals surface area contributed by atoms with E-state index in [1.165, 1.54) is 12.1 Å². The van der Waals surface area contributed by atoms with Gasteiger partial charge in [-0.3, -0.25) is 0 Å². The average Bonchev–Trinajstić information content (AvgIpc) is 2.56. The zero-order valence-corrected chi connectivity index (χ0v) is 9.05. The SMILES string of the molecule is CNC1=NS(=O)c2cccc(OC(F)F)c21. The number of ether oxygens (including phenoxy) is 1. The number of halogens is 2. The Kier molecular flexibility index (Phi) is 2.86. The highest BCUT2D eigenvalue weighted by Gasteiger charge is 2.26. The molecule has 4 nitrogen and oxygen atoms in total. The van der Waals surface area contributed by atoms with Gasteiger partial charge in [0.2, 0.25) is 0 Å². The summed E-state index contributed by atoms with van der Waals surface area (Å²) < 4.78 is 44.0. The second-order valence-corrected chi connectivity index (χ2v) is 4.07. The average molecular weight is 246 g/mol. The highest BCUT2D eigenvalue weighted by Crippen LogP contribution is 2.31. The second kappa shape index (κ2) is 4.17. The van der Waals surface area contributed by atoms with E-state index < -0.39 is 17.6 Å². The quantitative estimate of drug-likeness (QED) is 0.855. The highest BCUT2D eigenvalue weighted by molar-refractivity contribution is 7.84. The molecule has 0 amide bonds.